The van der Waals surface area contributed by atoms with Crippen molar-refractivity contribution in [1.29, 1.82) is 0 Å². The number of amides is 1. The van der Waals surface area contributed by atoms with Crippen LogP contribution in [0.4, 0.5) is 5.69 Å². The predicted octanol–water partition coefficient (Wildman–Crippen LogP) is 4.17. The quantitative estimate of drug-likeness (QED) is 0.467. The minimum absolute atomic E-state index is 0.00172. The molecule has 1 unspecified atom stereocenters. The first-order chi connectivity index (χ1) is 14.9. The highest BCUT2D eigenvalue weighted by atomic mass is 35.5. The molecule has 1 atom stereocenters. The lowest BCUT2D eigenvalue weighted by molar-refractivity contribution is -0.385. The summed E-state index contributed by atoms with van der Waals surface area (Å²) in [4.78, 5) is 28.1. The van der Waals surface area contributed by atoms with Gasteiger partial charge in [-0.15, -0.1) is 0 Å². The number of halogens is 1. The van der Waals surface area contributed by atoms with Crippen LogP contribution in [0.25, 0.3) is 0 Å². The van der Waals surface area contributed by atoms with E-state index < -0.39 is 4.92 Å². The van der Waals surface area contributed by atoms with E-state index in [1.165, 1.54) is 19.2 Å². The molecule has 2 aromatic rings. The SMILES string of the molecule is CCOc1cc(C(=O)N2CCN(C(C)c3ccccc3Cl)CC2)c([N+](=O)[O-])cc1OC. The Morgan fingerprint density at radius 2 is 1.87 bits per heavy atom. The highest BCUT2D eigenvalue weighted by Crippen LogP contribution is 2.36. The topological polar surface area (TPSA) is 85.2 Å². The van der Waals surface area contributed by atoms with Gasteiger partial charge in [0.25, 0.3) is 11.6 Å². The van der Waals surface area contributed by atoms with E-state index in [9.17, 15) is 14.9 Å². The van der Waals surface area contributed by atoms with Gasteiger partial charge in [-0.1, -0.05) is 29.8 Å². The first-order valence-corrected chi connectivity index (χ1v) is 10.5. The van der Waals surface area contributed by atoms with Gasteiger partial charge in [0.15, 0.2) is 11.5 Å². The number of ether oxygens (including phenoxy) is 2. The fourth-order valence-corrected chi connectivity index (χ4v) is 4.09. The molecule has 166 valence electrons. The second-order valence-corrected chi connectivity index (χ2v) is 7.64. The van der Waals surface area contributed by atoms with Crippen LogP contribution in [0, 0.1) is 10.1 Å². The number of hydrogen-bond acceptors (Lipinski definition) is 6. The number of nitrogens with zero attached hydrogens (tertiary/aromatic N) is 3. The molecule has 1 saturated heterocycles. The Bertz CT molecular complexity index is 960. The highest BCUT2D eigenvalue weighted by Gasteiger charge is 2.31. The van der Waals surface area contributed by atoms with Crippen LogP contribution in [0.5, 0.6) is 11.5 Å². The molecule has 0 spiro atoms. The molecule has 0 N–H and O–H groups in total. The first kappa shape index (κ1) is 22.8. The zero-order valence-electron chi connectivity index (χ0n) is 17.8. The molecule has 1 amide bonds. The maximum Gasteiger partial charge on any atom is 0.286 e. The minimum Gasteiger partial charge on any atom is -0.493 e. The van der Waals surface area contributed by atoms with Gasteiger partial charge in [-0.2, -0.15) is 0 Å². The Balaban J connectivity index is 1.78. The van der Waals surface area contributed by atoms with Crippen molar-refractivity contribution in [2.75, 3.05) is 39.9 Å². The Kier molecular flexibility index (Phi) is 7.35. The molecular formula is C22H26ClN3O5. The molecule has 0 saturated carbocycles. The van der Waals surface area contributed by atoms with Gasteiger partial charge in [-0.05, 0) is 25.5 Å². The molecule has 0 radical (unpaired) electrons. The van der Waals surface area contributed by atoms with Crippen molar-refractivity contribution in [2.45, 2.75) is 19.9 Å². The molecule has 1 aliphatic heterocycles. The average Bonchev–Trinajstić information content (AvgIpc) is 2.78. The van der Waals surface area contributed by atoms with Crippen molar-refractivity contribution >= 4 is 23.2 Å². The second-order valence-electron chi connectivity index (χ2n) is 7.24. The first-order valence-electron chi connectivity index (χ1n) is 10.1. The molecule has 1 fully saturated rings. The zero-order chi connectivity index (χ0) is 22.5. The van der Waals surface area contributed by atoms with Crippen LogP contribution in [0.2, 0.25) is 5.02 Å². The number of nitro benzene ring substituents is 1. The molecule has 1 aliphatic rings. The smallest absolute Gasteiger partial charge is 0.286 e. The number of benzene rings is 2. The Morgan fingerprint density at radius 3 is 2.45 bits per heavy atom. The van der Waals surface area contributed by atoms with Crippen LogP contribution in [-0.2, 0) is 0 Å². The standard InChI is InChI=1S/C22H26ClN3O5/c1-4-31-21-13-17(19(26(28)29)14-20(21)30-3)22(27)25-11-9-24(10-12-25)15(2)16-7-5-6-8-18(16)23/h5-8,13-15H,4,9-12H2,1-3H3. The molecular weight excluding hydrogens is 422 g/mol. The second kappa shape index (κ2) is 9.98. The Hall–Kier alpha value is -2.84. The normalized spacial score (nSPS) is 15.4. The molecule has 9 heteroatoms. The third kappa shape index (κ3) is 4.91. The minimum atomic E-state index is -0.568. The molecule has 2 aromatic carbocycles. The summed E-state index contributed by atoms with van der Waals surface area (Å²) in [5.41, 5.74) is 0.745. The van der Waals surface area contributed by atoms with Crippen LogP contribution < -0.4 is 9.47 Å². The number of carbonyl (C=O) groups is 1. The van der Waals surface area contributed by atoms with Crippen molar-refractivity contribution in [3.63, 3.8) is 0 Å². The highest BCUT2D eigenvalue weighted by molar-refractivity contribution is 6.31. The van der Waals surface area contributed by atoms with E-state index in [1.807, 2.05) is 24.3 Å². The van der Waals surface area contributed by atoms with E-state index >= 15 is 0 Å². The van der Waals surface area contributed by atoms with Gasteiger partial charge >= 0.3 is 0 Å². The van der Waals surface area contributed by atoms with E-state index in [2.05, 4.69) is 11.8 Å². The van der Waals surface area contributed by atoms with E-state index in [0.29, 0.717) is 43.6 Å². The summed E-state index contributed by atoms with van der Waals surface area (Å²) in [6.07, 6.45) is 0. The average molecular weight is 448 g/mol. The van der Waals surface area contributed by atoms with E-state index in [1.54, 1.807) is 11.8 Å². The third-order valence-corrected chi connectivity index (χ3v) is 5.86. The van der Waals surface area contributed by atoms with E-state index in [4.69, 9.17) is 21.1 Å². The number of piperazine rings is 1. The molecule has 0 bridgehead atoms. The number of rotatable bonds is 7. The Morgan fingerprint density at radius 1 is 1.19 bits per heavy atom. The van der Waals surface area contributed by atoms with Gasteiger partial charge in [0, 0.05) is 43.3 Å². The predicted molar refractivity (Wildman–Crippen MR) is 118 cm³/mol. The van der Waals surface area contributed by atoms with Crippen LogP contribution in [0.15, 0.2) is 36.4 Å². The third-order valence-electron chi connectivity index (χ3n) is 5.51. The summed E-state index contributed by atoms with van der Waals surface area (Å²) < 4.78 is 10.7. The Labute approximate surface area is 186 Å². The van der Waals surface area contributed by atoms with E-state index in [0.717, 1.165) is 5.56 Å². The number of nitro groups is 1. The van der Waals surface area contributed by atoms with Gasteiger partial charge in [-0.25, -0.2) is 0 Å². The van der Waals surface area contributed by atoms with Gasteiger partial charge < -0.3 is 14.4 Å². The van der Waals surface area contributed by atoms with Gasteiger partial charge in [0.1, 0.15) is 5.56 Å². The summed E-state index contributed by atoms with van der Waals surface area (Å²) in [6, 6.07) is 10.5. The number of hydrogen-bond donors (Lipinski definition) is 0. The zero-order valence-corrected chi connectivity index (χ0v) is 18.6. The summed E-state index contributed by atoms with van der Waals surface area (Å²) in [5, 5.41) is 12.3. The lowest BCUT2D eigenvalue weighted by Crippen LogP contribution is -2.49. The van der Waals surface area contributed by atoms with Gasteiger partial charge in [0.2, 0.25) is 0 Å². The van der Waals surface area contributed by atoms with Crippen molar-refractivity contribution in [3.8, 4) is 11.5 Å². The molecule has 1 heterocycles. The molecule has 0 aromatic heterocycles. The van der Waals surface area contributed by atoms with Crippen molar-refractivity contribution in [1.82, 2.24) is 9.80 Å². The van der Waals surface area contributed by atoms with Gasteiger partial charge in [-0.3, -0.25) is 19.8 Å². The van der Waals surface area contributed by atoms with E-state index in [-0.39, 0.29) is 28.9 Å². The van der Waals surface area contributed by atoms with Crippen molar-refractivity contribution < 1.29 is 19.2 Å². The largest absolute Gasteiger partial charge is 0.493 e. The van der Waals surface area contributed by atoms with Crippen LogP contribution in [0.3, 0.4) is 0 Å². The monoisotopic (exact) mass is 447 g/mol. The molecule has 0 aliphatic carbocycles. The van der Waals surface area contributed by atoms with Crippen LogP contribution in [-0.4, -0.2) is 60.5 Å². The van der Waals surface area contributed by atoms with Gasteiger partial charge in [0.05, 0.1) is 24.7 Å². The maximum absolute atomic E-state index is 13.2. The maximum atomic E-state index is 13.2. The van der Waals surface area contributed by atoms with Crippen LogP contribution in [0.1, 0.15) is 35.8 Å². The molecule has 8 nitrogen and oxygen atoms in total. The summed E-state index contributed by atoms with van der Waals surface area (Å²) in [7, 11) is 1.41. The summed E-state index contributed by atoms with van der Waals surface area (Å²) >= 11 is 6.33. The summed E-state index contributed by atoms with van der Waals surface area (Å²) in [5.74, 6) is 0.147. The van der Waals surface area contributed by atoms with Crippen molar-refractivity contribution in [2.24, 2.45) is 0 Å². The van der Waals surface area contributed by atoms with Crippen molar-refractivity contribution in [3.05, 3.63) is 62.7 Å². The number of carbonyl (C=O) groups excluding carboxylic acids is 1. The molecule has 31 heavy (non-hydrogen) atoms. The fraction of sp³-hybridized carbons (Fsp3) is 0.409. The fourth-order valence-electron chi connectivity index (χ4n) is 3.79. The lowest BCUT2D eigenvalue weighted by Gasteiger charge is -2.38. The lowest BCUT2D eigenvalue weighted by atomic mass is 10.1. The van der Waals surface area contributed by atoms with Crippen LogP contribution >= 0.6 is 11.6 Å². The number of methoxy groups -OCH3 is 1. The summed E-state index contributed by atoms with van der Waals surface area (Å²) in [6.45, 7) is 6.42. The molecule has 3 rings (SSSR count).